The van der Waals surface area contributed by atoms with Crippen molar-refractivity contribution in [2.75, 3.05) is 6.61 Å². The lowest BCUT2D eigenvalue weighted by Gasteiger charge is -2.24. The molecule has 0 aliphatic rings. The lowest BCUT2D eigenvalue weighted by molar-refractivity contribution is -0.158. The number of ether oxygens (including phenoxy) is 3. The normalized spacial score (nSPS) is 11.0. The molecule has 0 saturated heterocycles. The van der Waals surface area contributed by atoms with Crippen molar-refractivity contribution < 1.29 is 28.9 Å². The third kappa shape index (κ3) is 9.07. The van der Waals surface area contributed by atoms with Crippen LogP contribution in [-0.4, -0.2) is 34.9 Å². The Morgan fingerprint density at radius 1 is 0.800 bits per heavy atom. The molecular weight excluding hydrogens is 614 g/mol. The molecule has 1 N–H and O–H groups in total. The SMILES string of the molecule is CC(C)(Oc1ccc(I)cc1)C(=O)O.CCOC(=O)C(C)(C)Oc1ccc(I)cc1. The predicted octanol–water partition coefficient (Wildman–Crippen LogP) is 5.54. The highest BCUT2D eigenvalue weighted by Crippen LogP contribution is 2.21. The van der Waals surface area contributed by atoms with E-state index in [0.29, 0.717) is 18.1 Å². The van der Waals surface area contributed by atoms with E-state index in [-0.39, 0.29) is 5.97 Å². The Bertz CT molecular complexity index is 830. The number of hydrogen-bond donors (Lipinski definition) is 1. The zero-order valence-electron chi connectivity index (χ0n) is 17.6. The van der Waals surface area contributed by atoms with E-state index < -0.39 is 17.2 Å². The van der Waals surface area contributed by atoms with E-state index in [1.807, 2.05) is 36.4 Å². The van der Waals surface area contributed by atoms with E-state index in [2.05, 4.69) is 45.2 Å². The summed E-state index contributed by atoms with van der Waals surface area (Å²) in [4.78, 5) is 22.4. The molecule has 0 atom stereocenters. The van der Waals surface area contributed by atoms with Crippen molar-refractivity contribution in [2.24, 2.45) is 0 Å². The van der Waals surface area contributed by atoms with Gasteiger partial charge in [-0.05, 0) is 128 Å². The van der Waals surface area contributed by atoms with Crippen molar-refractivity contribution >= 4 is 57.1 Å². The predicted molar refractivity (Wildman–Crippen MR) is 132 cm³/mol. The van der Waals surface area contributed by atoms with Crippen LogP contribution in [0.1, 0.15) is 34.6 Å². The van der Waals surface area contributed by atoms with Crippen molar-refractivity contribution in [2.45, 2.75) is 45.8 Å². The Hall–Kier alpha value is -1.56. The first-order valence-corrected chi connectivity index (χ1v) is 11.3. The lowest BCUT2D eigenvalue weighted by atomic mass is 10.1. The Labute approximate surface area is 204 Å². The molecule has 0 aliphatic heterocycles. The summed E-state index contributed by atoms with van der Waals surface area (Å²) in [6.07, 6.45) is 0. The minimum Gasteiger partial charge on any atom is -0.478 e. The summed E-state index contributed by atoms with van der Waals surface area (Å²) in [5.74, 6) is -0.0964. The summed E-state index contributed by atoms with van der Waals surface area (Å²) in [6.45, 7) is 8.57. The summed E-state index contributed by atoms with van der Waals surface area (Å²) in [5, 5.41) is 8.83. The molecule has 0 spiro atoms. The summed E-state index contributed by atoms with van der Waals surface area (Å²) >= 11 is 4.39. The molecule has 6 nitrogen and oxygen atoms in total. The second-order valence-electron chi connectivity index (χ2n) is 7.16. The molecule has 0 fully saturated rings. The molecule has 0 bridgehead atoms. The molecule has 2 aromatic carbocycles. The van der Waals surface area contributed by atoms with Crippen LogP contribution in [0.3, 0.4) is 0 Å². The highest BCUT2D eigenvalue weighted by atomic mass is 127. The number of esters is 1. The van der Waals surface area contributed by atoms with Gasteiger partial charge in [-0.15, -0.1) is 0 Å². The molecule has 8 heteroatoms. The van der Waals surface area contributed by atoms with Gasteiger partial charge < -0.3 is 19.3 Å². The quantitative estimate of drug-likeness (QED) is 0.316. The van der Waals surface area contributed by atoms with Gasteiger partial charge in [-0.3, -0.25) is 0 Å². The lowest BCUT2D eigenvalue weighted by Crippen LogP contribution is -2.39. The first-order chi connectivity index (χ1) is 13.9. The second kappa shape index (κ2) is 11.7. The highest BCUT2D eigenvalue weighted by molar-refractivity contribution is 14.1. The van der Waals surface area contributed by atoms with Crippen LogP contribution in [0, 0.1) is 7.14 Å². The fourth-order valence-electron chi connectivity index (χ4n) is 1.98. The monoisotopic (exact) mass is 640 g/mol. The molecule has 2 rings (SSSR count). The van der Waals surface area contributed by atoms with E-state index in [4.69, 9.17) is 19.3 Å². The average Bonchev–Trinajstić information content (AvgIpc) is 2.66. The number of carbonyl (C=O) groups is 2. The van der Waals surface area contributed by atoms with Crippen molar-refractivity contribution in [1.82, 2.24) is 0 Å². The average molecular weight is 640 g/mol. The number of aliphatic carboxylic acids is 1. The van der Waals surface area contributed by atoms with E-state index in [9.17, 15) is 9.59 Å². The van der Waals surface area contributed by atoms with E-state index >= 15 is 0 Å². The van der Waals surface area contributed by atoms with Gasteiger partial charge in [-0.2, -0.15) is 0 Å². The number of carboxylic acids is 1. The maximum absolute atomic E-state index is 11.6. The summed E-state index contributed by atoms with van der Waals surface area (Å²) in [5.41, 5.74) is -2.14. The first-order valence-electron chi connectivity index (χ1n) is 9.17. The third-order valence-corrected chi connectivity index (χ3v) is 5.09. The third-order valence-electron chi connectivity index (χ3n) is 3.66. The molecule has 0 aromatic heterocycles. The van der Waals surface area contributed by atoms with Crippen LogP contribution in [0.4, 0.5) is 0 Å². The number of carboxylic acid groups (broad SMARTS) is 1. The maximum Gasteiger partial charge on any atom is 0.349 e. The number of rotatable bonds is 7. The molecule has 0 radical (unpaired) electrons. The molecule has 0 unspecified atom stereocenters. The standard InChI is InChI=1S/C12H15IO3.C10H11IO3/c1-4-15-11(14)12(2,3)16-10-7-5-9(13)6-8-10;1-10(2,9(12)13)14-8-5-3-7(11)4-6-8/h5-8H,4H2,1-3H3;3-6H,1-2H3,(H,12,13). The molecule has 0 amide bonds. The molecule has 2 aromatic rings. The van der Waals surface area contributed by atoms with Crippen LogP contribution >= 0.6 is 45.2 Å². The number of halogens is 2. The van der Waals surface area contributed by atoms with E-state index in [1.165, 1.54) is 13.8 Å². The minimum atomic E-state index is -1.19. The smallest absolute Gasteiger partial charge is 0.349 e. The van der Waals surface area contributed by atoms with E-state index in [0.717, 1.165) is 7.14 Å². The molecule has 0 heterocycles. The summed E-state index contributed by atoms with van der Waals surface area (Å²) < 4.78 is 18.1. The molecule has 0 aliphatic carbocycles. The minimum absolute atomic E-state index is 0.353. The van der Waals surface area contributed by atoms with E-state index in [1.54, 1.807) is 32.9 Å². The van der Waals surface area contributed by atoms with Crippen LogP contribution in [0.15, 0.2) is 48.5 Å². The van der Waals surface area contributed by atoms with Gasteiger partial charge >= 0.3 is 11.9 Å². The van der Waals surface area contributed by atoms with Gasteiger partial charge in [0.05, 0.1) is 6.61 Å². The largest absolute Gasteiger partial charge is 0.478 e. The van der Waals surface area contributed by atoms with Gasteiger partial charge in [0.2, 0.25) is 0 Å². The molecule has 30 heavy (non-hydrogen) atoms. The van der Waals surface area contributed by atoms with Crippen LogP contribution in [-0.2, 0) is 14.3 Å². The maximum atomic E-state index is 11.6. The van der Waals surface area contributed by atoms with Gasteiger partial charge in [-0.1, -0.05) is 0 Å². The Morgan fingerprint density at radius 2 is 1.17 bits per heavy atom. The van der Waals surface area contributed by atoms with Crippen molar-refractivity contribution in [3.63, 3.8) is 0 Å². The second-order valence-corrected chi connectivity index (χ2v) is 9.65. The zero-order chi connectivity index (χ0) is 22.9. The van der Waals surface area contributed by atoms with Crippen LogP contribution in [0.2, 0.25) is 0 Å². The zero-order valence-corrected chi connectivity index (χ0v) is 21.9. The molecule has 164 valence electrons. The number of benzene rings is 2. The summed E-state index contributed by atoms with van der Waals surface area (Å²) in [7, 11) is 0. The van der Waals surface area contributed by atoms with Gasteiger partial charge in [0, 0.05) is 7.14 Å². The highest BCUT2D eigenvalue weighted by Gasteiger charge is 2.31. The van der Waals surface area contributed by atoms with Crippen LogP contribution in [0.5, 0.6) is 11.5 Å². The van der Waals surface area contributed by atoms with Gasteiger partial charge in [0.25, 0.3) is 0 Å². The molecular formula is C22H26I2O6. The fraction of sp³-hybridized carbons (Fsp3) is 0.364. The number of carbonyl (C=O) groups excluding carboxylic acids is 1. The van der Waals surface area contributed by atoms with Gasteiger partial charge in [0.1, 0.15) is 11.5 Å². The first kappa shape index (κ1) is 26.5. The van der Waals surface area contributed by atoms with Crippen LogP contribution in [0.25, 0.3) is 0 Å². The Morgan fingerprint density at radius 3 is 1.50 bits per heavy atom. The fourth-order valence-corrected chi connectivity index (χ4v) is 2.70. The van der Waals surface area contributed by atoms with Crippen molar-refractivity contribution in [3.8, 4) is 11.5 Å². The summed E-state index contributed by atoms with van der Waals surface area (Å²) in [6, 6.07) is 14.8. The molecule has 0 saturated carbocycles. The van der Waals surface area contributed by atoms with Crippen molar-refractivity contribution in [1.29, 1.82) is 0 Å². The topological polar surface area (TPSA) is 82.1 Å². The van der Waals surface area contributed by atoms with Crippen LogP contribution < -0.4 is 9.47 Å². The van der Waals surface area contributed by atoms with Gasteiger partial charge in [0.15, 0.2) is 11.2 Å². The van der Waals surface area contributed by atoms with Gasteiger partial charge in [-0.25, -0.2) is 9.59 Å². The number of hydrogen-bond acceptors (Lipinski definition) is 5. The Kier molecular flexibility index (Phi) is 10.4. The Balaban J connectivity index is 0.000000303. The van der Waals surface area contributed by atoms with Crippen molar-refractivity contribution in [3.05, 3.63) is 55.7 Å².